The molecule has 0 aliphatic carbocycles. The summed E-state index contributed by atoms with van der Waals surface area (Å²) in [6, 6.07) is 4.42. The molecule has 30 heavy (non-hydrogen) atoms. The smallest absolute Gasteiger partial charge is 0.177 e. The predicted octanol–water partition coefficient (Wildman–Crippen LogP) is 4.47. The summed E-state index contributed by atoms with van der Waals surface area (Å²) in [6.07, 6.45) is 1.55. The fourth-order valence-electron chi connectivity index (χ4n) is 3.62. The van der Waals surface area contributed by atoms with E-state index in [0.29, 0.717) is 29.4 Å². The highest BCUT2D eigenvalue weighted by atomic mass is 35.5. The van der Waals surface area contributed by atoms with Crippen LogP contribution in [0.2, 0.25) is 5.15 Å². The average Bonchev–Trinajstić information content (AvgIpc) is 2.71. The molecule has 2 aromatic heterocycles. The van der Waals surface area contributed by atoms with Crippen molar-refractivity contribution < 1.29 is 23.0 Å². The van der Waals surface area contributed by atoms with E-state index in [1.807, 2.05) is 11.8 Å². The highest BCUT2D eigenvalue weighted by molar-refractivity contribution is 6.30. The van der Waals surface area contributed by atoms with Gasteiger partial charge in [-0.15, -0.1) is 0 Å². The lowest BCUT2D eigenvalue weighted by Gasteiger charge is -2.47. The van der Waals surface area contributed by atoms with Crippen LogP contribution in [0.25, 0.3) is 22.0 Å². The van der Waals surface area contributed by atoms with Gasteiger partial charge in [0.05, 0.1) is 31.1 Å². The monoisotopic (exact) mass is 435 g/mol. The first kappa shape index (κ1) is 20.6. The number of methoxy groups -OCH3 is 3. The Hall–Kier alpha value is -2.71. The summed E-state index contributed by atoms with van der Waals surface area (Å²) < 4.78 is 45.8. The average molecular weight is 436 g/mol. The minimum absolute atomic E-state index is 0.0971. The molecule has 1 aromatic carbocycles. The topological polar surface area (TPSA) is 56.7 Å². The first-order valence-corrected chi connectivity index (χ1v) is 9.54. The van der Waals surface area contributed by atoms with Crippen molar-refractivity contribution in [2.45, 2.75) is 12.5 Å². The van der Waals surface area contributed by atoms with E-state index in [2.05, 4.69) is 9.97 Å². The number of anilines is 1. The number of hydrogen-bond donors (Lipinski definition) is 0. The zero-order valence-corrected chi connectivity index (χ0v) is 17.7. The van der Waals surface area contributed by atoms with Crippen LogP contribution >= 0.6 is 11.6 Å². The van der Waals surface area contributed by atoms with Gasteiger partial charge in [0.25, 0.3) is 0 Å². The Morgan fingerprint density at radius 2 is 1.67 bits per heavy atom. The third-order valence-corrected chi connectivity index (χ3v) is 5.54. The fraction of sp³-hybridized carbons (Fsp3) is 0.333. The van der Waals surface area contributed by atoms with Gasteiger partial charge < -0.3 is 19.1 Å². The first-order chi connectivity index (χ1) is 14.3. The summed E-state index contributed by atoms with van der Waals surface area (Å²) in [5.74, 6) is -1.46. The van der Waals surface area contributed by atoms with Gasteiger partial charge >= 0.3 is 0 Å². The van der Waals surface area contributed by atoms with Crippen LogP contribution in [0.15, 0.2) is 24.4 Å². The molecule has 9 heteroatoms. The number of fused-ring (bicyclic) bond motifs is 1. The van der Waals surface area contributed by atoms with Gasteiger partial charge in [0.1, 0.15) is 11.0 Å². The molecule has 3 heterocycles. The van der Waals surface area contributed by atoms with Gasteiger partial charge in [-0.3, -0.25) is 0 Å². The molecule has 158 valence electrons. The lowest BCUT2D eigenvalue weighted by Crippen LogP contribution is -2.61. The molecule has 0 radical (unpaired) electrons. The van der Waals surface area contributed by atoms with Crippen molar-refractivity contribution in [3.05, 3.63) is 41.2 Å². The lowest BCUT2D eigenvalue weighted by molar-refractivity contribution is -0.0170. The molecule has 0 atom stereocenters. The molecule has 6 nitrogen and oxygen atoms in total. The molecular weight excluding hydrogens is 416 g/mol. The number of aromatic nitrogens is 2. The van der Waals surface area contributed by atoms with Crippen molar-refractivity contribution in [3.8, 4) is 22.8 Å². The molecule has 0 bridgehead atoms. The van der Waals surface area contributed by atoms with E-state index in [-0.39, 0.29) is 28.4 Å². The van der Waals surface area contributed by atoms with E-state index in [0.717, 1.165) is 11.5 Å². The Kier molecular flexibility index (Phi) is 5.15. The summed E-state index contributed by atoms with van der Waals surface area (Å²) in [4.78, 5) is 10.7. The Labute approximate surface area is 177 Å². The van der Waals surface area contributed by atoms with Crippen molar-refractivity contribution >= 4 is 28.2 Å². The number of ether oxygens (including phenoxy) is 3. The number of nitrogens with zero attached hydrogens (tertiary/aromatic N) is 3. The normalized spacial score (nSPS) is 15.2. The molecule has 3 aromatic rings. The van der Waals surface area contributed by atoms with Crippen molar-refractivity contribution in [1.29, 1.82) is 0 Å². The second kappa shape index (κ2) is 7.52. The van der Waals surface area contributed by atoms with Crippen LogP contribution in [-0.2, 0) is 4.74 Å². The summed E-state index contributed by atoms with van der Waals surface area (Å²) in [6.45, 7) is 3.12. The van der Waals surface area contributed by atoms with Gasteiger partial charge in [0, 0.05) is 43.2 Å². The van der Waals surface area contributed by atoms with Crippen LogP contribution in [0.3, 0.4) is 0 Å². The number of halogens is 3. The van der Waals surface area contributed by atoms with Crippen LogP contribution in [0.5, 0.6) is 11.5 Å². The molecular formula is C21H20ClF2N3O3. The highest BCUT2D eigenvalue weighted by Gasteiger charge is 2.40. The maximum atomic E-state index is 15.1. The fourth-order valence-corrected chi connectivity index (χ4v) is 3.78. The molecule has 4 rings (SSSR count). The Morgan fingerprint density at radius 3 is 2.23 bits per heavy atom. The van der Waals surface area contributed by atoms with Gasteiger partial charge in [-0.2, -0.15) is 0 Å². The Morgan fingerprint density at radius 1 is 1.03 bits per heavy atom. The number of hydrogen-bond acceptors (Lipinski definition) is 6. The zero-order valence-electron chi connectivity index (χ0n) is 16.9. The maximum absolute atomic E-state index is 15.1. The van der Waals surface area contributed by atoms with Gasteiger partial charge in [-0.1, -0.05) is 11.6 Å². The van der Waals surface area contributed by atoms with Crippen molar-refractivity contribution in [3.63, 3.8) is 0 Å². The minimum Gasteiger partial charge on any atom is -0.494 e. The quantitative estimate of drug-likeness (QED) is 0.551. The van der Waals surface area contributed by atoms with Crippen molar-refractivity contribution in [1.82, 2.24) is 9.97 Å². The summed E-state index contributed by atoms with van der Waals surface area (Å²) in [7, 11) is 4.25. The maximum Gasteiger partial charge on any atom is 0.177 e. The van der Waals surface area contributed by atoms with E-state index >= 15 is 8.78 Å². The Bertz CT molecular complexity index is 1110. The molecule has 0 amide bonds. The zero-order chi connectivity index (χ0) is 21.6. The van der Waals surface area contributed by atoms with Crippen molar-refractivity contribution in [2.24, 2.45) is 0 Å². The SMILES string of the molecule is COc1cc(OC)c(F)c(-c2cc3cnc(Cl)cc3c(N3CC(C)(OC)C3)n2)c1F. The second-order valence-electron chi connectivity index (χ2n) is 7.35. The van der Waals surface area contributed by atoms with Gasteiger partial charge in [-0.05, 0) is 19.1 Å². The molecule has 0 spiro atoms. The molecule has 1 aliphatic rings. The van der Waals surface area contributed by atoms with Crippen LogP contribution in [0, 0.1) is 11.6 Å². The standard InChI is InChI=1S/C21H20ClF2N3O3/c1-21(30-4)9-27(10-21)20-12-6-16(22)25-8-11(12)5-13(26-20)17-18(23)14(28-2)7-15(29-3)19(17)24/h5-8H,9-10H2,1-4H3. The summed E-state index contributed by atoms with van der Waals surface area (Å²) in [5.41, 5.74) is -0.560. The molecule has 0 N–H and O–H groups in total. The Balaban J connectivity index is 1.95. The second-order valence-corrected chi connectivity index (χ2v) is 7.74. The van der Waals surface area contributed by atoms with Crippen LogP contribution in [-0.4, -0.2) is 50.0 Å². The highest BCUT2D eigenvalue weighted by Crippen LogP contribution is 2.41. The third kappa shape index (κ3) is 3.30. The summed E-state index contributed by atoms with van der Waals surface area (Å²) in [5, 5.41) is 1.67. The molecule has 0 unspecified atom stereocenters. The van der Waals surface area contributed by atoms with E-state index in [4.69, 9.17) is 25.8 Å². The van der Waals surface area contributed by atoms with E-state index in [9.17, 15) is 0 Å². The van der Waals surface area contributed by atoms with E-state index < -0.39 is 11.6 Å². The summed E-state index contributed by atoms with van der Waals surface area (Å²) >= 11 is 6.09. The molecule has 1 saturated heterocycles. The number of rotatable bonds is 5. The van der Waals surface area contributed by atoms with Gasteiger partial charge in [0.2, 0.25) is 0 Å². The van der Waals surface area contributed by atoms with Crippen LogP contribution in [0.4, 0.5) is 14.6 Å². The first-order valence-electron chi connectivity index (χ1n) is 9.17. The van der Waals surface area contributed by atoms with E-state index in [1.165, 1.54) is 14.2 Å². The van der Waals surface area contributed by atoms with Gasteiger partial charge in [-0.25, -0.2) is 18.7 Å². The van der Waals surface area contributed by atoms with Crippen LogP contribution < -0.4 is 14.4 Å². The predicted molar refractivity (Wildman–Crippen MR) is 111 cm³/mol. The van der Waals surface area contributed by atoms with Crippen molar-refractivity contribution in [2.75, 3.05) is 39.3 Å². The number of pyridine rings is 2. The third-order valence-electron chi connectivity index (χ3n) is 5.33. The minimum atomic E-state index is -0.860. The molecule has 1 aliphatic heterocycles. The lowest BCUT2D eigenvalue weighted by atomic mass is 9.95. The number of benzene rings is 1. The van der Waals surface area contributed by atoms with Crippen LogP contribution in [0.1, 0.15) is 6.92 Å². The largest absolute Gasteiger partial charge is 0.494 e. The van der Waals surface area contributed by atoms with Gasteiger partial charge in [0.15, 0.2) is 23.1 Å². The van der Waals surface area contributed by atoms with E-state index in [1.54, 1.807) is 25.4 Å². The molecule has 1 fully saturated rings. The molecule has 0 saturated carbocycles.